The molecule has 0 aromatic heterocycles. The van der Waals surface area contributed by atoms with Crippen molar-refractivity contribution in [3.05, 3.63) is 58.4 Å². The first-order chi connectivity index (χ1) is 12.8. The molecule has 1 aliphatic rings. The van der Waals surface area contributed by atoms with Crippen LogP contribution >= 0.6 is 11.6 Å². The molecule has 1 heterocycles. The van der Waals surface area contributed by atoms with Crippen LogP contribution in [0.1, 0.15) is 35.2 Å². The Morgan fingerprint density at radius 1 is 1.11 bits per heavy atom. The van der Waals surface area contributed by atoms with E-state index in [9.17, 15) is 17.6 Å². The molecule has 0 spiro atoms. The zero-order valence-electron chi connectivity index (χ0n) is 14.8. The molecule has 8 heteroatoms. The quantitative estimate of drug-likeness (QED) is 0.820. The number of halogens is 2. The van der Waals surface area contributed by atoms with Crippen molar-refractivity contribution in [1.29, 1.82) is 0 Å². The molecule has 1 N–H and O–H groups in total. The summed E-state index contributed by atoms with van der Waals surface area (Å²) in [5, 5.41) is 2.52. The van der Waals surface area contributed by atoms with Gasteiger partial charge in [0.2, 0.25) is 10.0 Å². The Hall–Kier alpha value is -1.96. The van der Waals surface area contributed by atoms with Gasteiger partial charge in [0.1, 0.15) is 10.7 Å². The maximum absolute atomic E-state index is 14.0. The minimum atomic E-state index is -3.79. The van der Waals surface area contributed by atoms with E-state index in [4.69, 9.17) is 11.6 Å². The number of carbonyl (C=O) groups excluding carboxylic acids is 1. The van der Waals surface area contributed by atoms with E-state index in [2.05, 4.69) is 5.32 Å². The van der Waals surface area contributed by atoms with Crippen LogP contribution in [0.25, 0.3) is 0 Å². The molecule has 0 aliphatic carbocycles. The second kappa shape index (κ2) is 7.96. The van der Waals surface area contributed by atoms with Crippen molar-refractivity contribution in [1.82, 2.24) is 4.31 Å². The van der Waals surface area contributed by atoms with Crippen LogP contribution in [0.2, 0.25) is 5.02 Å². The fourth-order valence-corrected chi connectivity index (χ4v) is 5.02. The molecule has 1 saturated heterocycles. The van der Waals surface area contributed by atoms with Crippen LogP contribution in [0.5, 0.6) is 0 Å². The minimum Gasteiger partial charge on any atom is -0.319 e. The fraction of sp³-hybridized carbons (Fsp3) is 0.316. The molecule has 0 saturated carbocycles. The van der Waals surface area contributed by atoms with E-state index in [0.29, 0.717) is 13.1 Å². The van der Waals surface area contributed by atoms with Gasteiger partial charge in [-0.3, -0.25) is 4.79 Å². The van der Waals surface area contributed by atoms with Gasteiger partial charge in [0.15, 0.2) is 0 Å². The molecule has 2 aromatic carbocycles. The molecule has 1 amide bonds. The Labute approximate surface area is 163 Å². The maximum Gasteiger partial charge on any atom is 0.255 e. The van der Waals surface area contributed by atoms with Gasteiger partial charge in [0, 0.05) is 18.7 Å². The first-order valence-corrected chi connectivity index (χ1v) is 10.5. The van der Waals surface area contributed by atoms with Crippen molar-refractivity contribution in [2.75, 3.05) is 18.4 Å². The van der Waals surface area contributed by atoms with E-state index >= 15 is 0 Å². The van der Waals surface area contributed by atoms with Gasteiger partial charge >= 0.3 is 0 Å². The van der Waals surface area contributed by atoms with E-state index in [1.807, 2.05) is 0 Å². The highest BCUT2D eigenvalue weighted by atomic mass is 35.5. The number of hydrogen-bond acceptors (Lipinski definition) is 3. The molecule has 0 radical (unpaired) electrons. The number of anilines is 1. The predicted molar refractivity (Wildman–Crippen MR) is 103 cm³/mol. The Morgan fingerprint density at radius 2 is 1.81 bits per heavy atom. The molecular weight excluding hydrogens is 391 g/mol. The highest BCUT2D eigenvalue weighted by Crippen LogP contribution is 2.28. The normalized spacial score (nSPS) is 15.5. The summed E-state index contributed by atoms with van der Waals surface area (Å²) < 4.78 is 41.1. The Bertz CT molecular complexity index is 973. The van der Waals surface area contributed by atoms with Crippen LogP contribution in [-0.4, -0.2) is 31.7 Å². The van der Waals surface area contributed by atoms with Gasteiger partial charge in [-0.05, 0) is 55.7 Å². The molecule has 0 unspecified atom stereocenters. The third-order valence-electron chi connectivity index (χ3n) is 4.50. The first kappa shape index (κ1) is 19.8. The smallest absolute Gasteiger partial charge is 0.255 e. The van der Waals surface area contributed by atoms with Crippen LogP contribution in [0.3, 0.4) is 0 Å². The monoisotopic (exact) mass is 410 g/mol. The minimum absolute atomic E-state index is 0.0287. The van der Waals surface area contributed by atoms with Gasteiger partial charge in [-0.25, -0.2) is 12.8 Å². The second-order valence-electron chi connectivity index (χ2n) is 6.55. The number of rotatable bonds is 4. The molecular formula is C19H20ClFN2O3S. The number of benzene rings is 2. The summed E-state index contributed by atoms with van der Waals surface area (Å²) in [6.07, 6.45) is 2.58. The molecule has 27 heavy (non-hydrogen) atoms. The van der Waals surface area contributed by atoms with Crippen LogP contribution in [0, 0.1) is 12.7 Å². The van der Waals surface area contributed by atoms with Crippen molar-refractivity contribution in [2.24, 2.45) is 0 Å². The Balaban J connectivity index is 1.89. The SMILES string of the molecule is Cc1ccc(NC(=O)c2ccc(Cl)c(S(=O)(=O)N3CCCCC3)c2)c(F)c1. The van der Waals surface area contributed by atoms with Crippen molar-refractivity contribution in [3.8, 4) is 0 Å². The Morgan fingerprint density at radius 3 is 2.48 bits per heavy atom. The standard InChI is InChI=1S/C19H20ClFN2O3S/c1-13-5-8-17(16(21)11-13)22-19(24)14-6-7-15(20)18(12-14)27(25,26)23-9-3-2-4-10-23/h5-8,11-12H,2-4,9-10H2,1H3,(H,22,24). The summed E-state index contributed by atoms with van der Waals surface area (Å²) in [4.78, 5) is 12.4. The average Bonchev–Trinajstić information content (AvgIpc) is 2.65. The molecule has 144 valence electrons. The summed E-state index contributed by atoms with van der Waals surface area (Å²) in [6.45, 7) is 2.61. The van der Waals surface area contributed by atoms with Gasteiger partial charge in [-0.1, -0.05) is 24.1 Å². The molecule has 2 aromatic rings. The van der Waals surface area contributed by atoms with Crippen LogP contribution < -0.4 is 5.32 Å². The molecule has 0 atom stereocenters. The van der Waals surface area contributed by atoms with Crippen LogP contribution in [0.4, 0.5) is 10.1 Å². The van der Waals surface area contributed by atoms with Gasteiger partial charge in [0.25, 0.3) is 5.91 Å². The van der Waals surface area contributed by atoms with Crippen molar-refractivity contribution < 1.29 is 17.6 Å². The lowest BCUT2D eigenvalue weighted by Gasteiger charge is -2.26. The van der Waals surface area contributed by atoms with Gasteiger partial charge < -0.3 is 5.32 Å². The number of carbonyl (C=O) groups is 1. The zero-order valence-corrected chi connectivity index (χ0v) is 16.4. The number of amides is 1. The van der Waals surface area contributed by atoms with Crippen molar-refractivity contribution in [3.63, 3.8) is 0 Å². The van der Waals surface area contributed by atoms with Crippen molar-refractivity contribution in [2.45, 2.75) is 31.1 Å². The molecule has 5 nitrogen and oxygen atoms in total. The highest BCUT2D eigenvalue weighted by molar-refractivity contribution is 7.89. The number of sulfonamides is 1. The largest absolute Gasteiger partial charge is 0.319 e. The van der Waals surface area contributed by atoms with Crippen LogP contribution in [0.15, 0.2) is 41.3 Å². The first-order valence-electron chi connectivity index (χ1n) is 8.66. The molecule has 1 aliphatic heterocycles. The molecule has 0 bridgehead atoms. The highest BCUT2D eigenvalue weighted by Gasteiger charge is 2.28. The second-order valence-corrected chi connectivity index (χ2v) is 8.86. The number of piperidine rings is 1. The van der Waals surface area contributed by atoms with E-state index in [0.717, 1.165) is 24.8 Å². The van der Waals surface area contributed by atoms with E-state index < -0.39 is 21.7 Å². The third kappa shape index (κ3) is 4.31. The summed E-state index contributed by atoms with van der Waals surface area (Å²) in [5.74, 6) is -1.16. The average molecular weight is 411 g/mol. The van der Waals surface area contributed by atoms with E-state index in [-0.39, 0.29) is 21.2 Å². The molecule has 1 fully saturated rings. The topological polar surface area (TPSA) is 66.5 Å². The van der Waals surface area contributed by atoms with Crippen LogP contribution in [-0.2, 0) is 10.0 Å². The summed E-state index contributed by atoms with van der Waals surface area (Å²) in [6, 6.07) is 8.48. The summed E-state index contributed by atoms with van der Waals surface area (Å²) in [5.41, 5.74) is 0.850. The number of hydrogen-bond donors (Lipinski definition) is 1. The number of nitrogens with zero attached hydrogens (tertiary/aromatic N) is 1. The lowest BCUT2D eigenvalue weighted by Crippen LogP contribution is -2.35. The van der Waals surface area contributed by atoms with Gasteiger partial charge in [0.05, 0.1) is 10.7 Å². The third-order valence-corrected chi connectivity index (χ3v) is 6.88. The van der Waals surface area contributed by atoms with Gasteiger partial charge in [-0.15, -0.1) is 0 Å². The van der Waals surface area contributed by atoms with Gasteiger partial charge in [-0.2, -0.15) is 4.31 Å². The summed E-state index contributed by atoms with van der Waals surface area (Å²) in [7, 11) is -3.79. The fourth-order valence-electron chi connectivity index (χ4n) is 3.00. The predicted octanol–water partition coefficient (Wildman–Crippen LogP) is 4.21. The number of nitrogens with one attached hydrogen (secondary N) is 1. The Kier molecular flexibility index (Phi) is 5.83. The van der Waals surface area contributed by atoms with E-state index in [1.165, 1.54) is 34.6 Å². The maximum atomic E-state index is 14.0. The lowest BCUT2D eigenvalue weighted by atomic mass is 10.2. The number of aryl methyl sites for hydroxylation is 1. The van der Waals surface area contributed by atoms with Crippen molar-refractivity contribution >= 4 is 33.2 Å². The summed E-state index contributed by atoms with van der Waals surface area (Å²) >= 11 is 6.11. The van der Waals surface area contributed by atoms with E-state index in [1.54, 1.807) is 13.0 Å². The zero-order chi connectivity index (χ0) is 19.6. The lowest BCUT2D eigenvalue weighted by molar-refractivity contribution is 0.102. The molecule has 3 rings (SSSR count).